The number of para-hydroxylation sites is 1. The first kappa shape index (κ1) is 7.84. The summed E-state index contributed by atoms with van der Waals surface area (Å²) in [5.74, 6) is 0. The van der Waals surface area contributed by atoms with Crippen LogP contribution >= 0.6 is 23.2 Å². The number of nitrogens with zero attached hydrogens (tertiary/aromatic N) is 1. The summed E-state index contributed by atoms with van der Waals surface area (Å²) in [5.41, 5.74) is 0.797. The van der Waals surface area contributed by atoms with Crippen molar-refractivity contribution >= 4 is 34.1 Å². The van der Waals surface area contributed by atoms with Crippen LogP contribution in [0.5, 0.6) is 0 Å². The van der Waals surface area contributed by atoms with Crippen molar-refractivity contribution in [3.63, 3.8) is 0 Å². The molecule has 0 amide bonds. The van der Waals surface area contributed by atoms with Crippen molar-refractivity contribution in [2.45, 2.75) is 0 Å². The van der Waals surface area contributed by atoms with Crippen LogP contribution in [0.4, 0.5) is 0 Å². The zero-order valence-corrected chi connectivity index (χ0v) is 7.52. The van der Waals surface area contributed by atoms with Gasteiger partial charge in [-0.15, -0.1) is 0 Å². The van der Waals surface area contributed by atoms with Crippen LogP contribution in [-0.2, 0) is 0 Å². The van der Waals surface area contributed by atoms with Gasteiger partial charge in [0.05, 0.1) is 10.5 Å². The molecule has 0 fully saturated rings. The molecule has 1 nitrogen and oxygen atoms in total. The fourth-order valence-corrected chi connectivity index (χ4v) is 1.53. The van der Waals surface area contributed by atoms with E-state index in [1.54, 1.807) is 0 Å². The molecule has 3 heteroatoms. The van der Waals surface area contributed by atoms with Crippen LogP contribution < -0.4 is 0 Å². The molecule has 0 bridgehead atoms. The minimum absolute atomic E-state index is 0.304. The lowest BCUT2D eigenvalue weighted by Crippen LogP contribution is -1.80. The molecule has 59 valence electrons. The molecule has 0 spiro atoms. The molecular weight excluding hydrogens is 193 g/mol. The van der Waals surface area contributed by atoms with Gasteiger partial charge in [0.15, 0.2) is 0 Å². The van der Waals surface area contributed by atoms with Crippen molar-refractivity contribution in [2.24, 2.45) is 0 Å². The largest absolute Gasteiger partial charge is 0.235 e. The van der Waals surface area contributed by atoms with Gasteiger partial charge in [0.1, 0.15) is 5.15 Å². The van der Waals surface area contributed by atoms with Gasteiger partial charge in [-0.25, -0.2) is 4.98 Å². The summed E-state index contributed by atoms with van der Waals surface area (Å²) in [4.78, 5) is 4.06. The van der Waals surface area contributed by atoms with Gasteiger partial charge in [0, 0.05) is 11.5 Å². The van der Waals surface area contributed by atoms with Gasteiger partial charge in [-0.1, -0.05) is 41.4 Å². The third-order valence-electron chi connectivity index (χ3n) is 1.57. The SMILES string of the molecule is Clc1[c]c(Cl)c2ccccc2n1. The molecule has 2 rings (SSSR count). The molecule has 0 saturated heterocycles. The van der Waals surface area contributed by atoms with Crippen molar-refractivity contribution in [2.75, 3.05) is 0 Å². The number of rotatable bonds is 0. The molecule has 0 N–H and O–H groups in total. The molecule has 1 aromatic heterocycles. The van der Waals surface area contributed by atoms with Crippen molar-refractivity contribution in [3.8, 4) is 0 Å². The Kier molecular flexibility index (Phi) is 1.91. The highest BCUT2D eigenvalue weighted by atomic mass is 35.5. The Hall–Kier alpha value is -0.790. The third-order valence-corrected chi connectivity index (χ3v) is 2.05. The van der Waals surface area contributed by atoms with Gasteiger partial charge in [-0.2, -0.15) is 0 Å². The summed E-state index contributed by atoms with van der Waals surface area (Å²) in [6, 6.07) is 10.3. The van der Waals surface area contributed by atoms with E-state index >= 15 is 0 Å². The first-order valence-corrected chi connectivity index (χ1v) is 4.16. The minimum atomic E-state index is 0.304. The maximum Gasteiger partial charge on any atom is 0.139 e. The Morgan fingerprint density at radius 2 is 1.92 bits per heavy atom. The van der Waals surface area contributed by atoms with Crippen LogP contribution in [0.25, 0.3) is 10.9 Å². The van der Waals surface area contributed by atoms with E-state index in [1.807, 2.05) is 24.3 Å². The van der Waals surface area contributed by atoms with Crippen LogP contribution in [0.1, 0.15) is 0 Å². The summed E-state index contributed by atoms with van der Waals surface area (Å²) in [5, 5.41) is 1.70. The molecule has 1 aromatic carbocycles. The zero-order chi connectivity index (χ0) is 8.55. The molecule has 0 aliphatic rings. The molecule has 12 heavy (non-hydrogen) atoms. The van der Waals surface area contributed by atoms with Gasteiger partial charge >= 0.3 is 0 Å². The molecule has 0 unspecified atom stereocenters. The predicted molar refractivity (Wildman–Crippen MR) is 50.6 cm³/mol. The lowest BCUT2D eigenvalue weighted by molar-refractivity contribution is 1.40. The molecule has 0 saturated carbocycles. The highest BCUT2D eigenvalue weighted by molar-refractivity contribution is 6.37. The number of aromatic nitrogens is 1. The first-order chi connectivity index (χ1) is 5.77. The van der Waals surface area contributed by atoms with Gasteiger partial charge in [0.2, 0.25) is 0 Å². The van der Waals surface area contributed by atoms with E-state index in [2.05, 4.69) is 11.1 Å². The third kappa shape index (κ3) is 1.26. The Morgan fingerprint density at radius 1 is 1.17 bits per heavy atom. The summed E-state index contributed by atoms with van der Waals surface area (Å²) in [6.07, 6.45) is 0. The number of halogens is 2. The first-order valence-electron chi connectivity index (χ1n) is 3.40. The van der Waals surface area contributed by atoms with Crippen LogP contribution in [0.2, 0.25) is 10.2 Å². The number of pyridine rings is 1. The number of fused-ring (bicyclic) bond motifs is 1. The van der Waals surface area contributed by atoms with E-state index in [4.69, 9.17) is 23.2 Å². The highest BCUT2D eigenvalue weighted by Crippen LogP contribution is 2.23. The Balaban J connectivity index is 2.89. The minimum Gasteiger partial charge on any atom is -0.235 e. The molecule has 0 aliphatic carbocycles. The monoisotopic (exact) mass is 196 g/mol. The molecular formula is C9H4Cl2N. The Bertz CT molecular complexity index is 426. The fourth-order valence-electron chi connectivity index (χ4n) is 1.05. The molecule has 0 atom stereocenters. The summed E-state index contributed by atoms with van der Waals surface area (Å²) in [7, 11) is 0. The van der Waals surface area contributed by atoms with Crippen molar-refractivity contribution < 1.29 is 0 Å². The second kappa shape index (κ2) is 2.92. The van der Waals surface area contributed by atoms with E-state index in [0.717, 1.165) is 10.9 Å². The highest BCUT2D eigenvalue weighted by Gasteiger charge is 2.01. The second-order valence-corrected chi connectivity index (χ2v) is 3.09. The van der Waals surface area contributed by atoms with Gasteiger partial charge in [0.25, 0.3) is 0 Å². The average molecular weight is 197 g/mol. The van der Waals surface area contributed by atoms with E-state index in [9.17, 15) is 0 Å². The smallest absolute Gasteiger partial charge is 0.139 e. The van der Waals surface area contributed by atoms with Gasteiger partial charge in [-0.05, 0) is 6.07 Å². The van der Waals surface area contributed by atoms with Crippen molar-refractivity contribution in [3.05, 3.63) is 40.5 Å². The van der Waals surface area contributed by atoms with Crippen molar-refractivity contribution in [1.82, 2.24) is 4.98 Å². The molecule has 0 aliphatic heterocycles. The molecule has 1 heterocycles. The molecule has 1 radical (unpaired) electrons. The maximum atomic E-state index is 5.88. The van der Waals surface area contributed by atoms with E-state index in [0.29, 0.717) is 10.2 Å². The van der Waals surface area contributed by atoms with Gasteiger partial charge in [-0.3, -0.25) is 0 Å². The van der Waals surface area contributed by atoms with Crippen LogP contribution in [0, 0.1) is 6.07 Å². The standard InChI is InChI=1S/C9H4Cl2N/c10-7-5-9(11)12-8-4-2-1-3-6(7)8/h1-4H. The number of hydrogen-bond donors (Lipinski definition) is 0. The van der Waals surface area contributed by atoms with Crippen LogP contribution in [0.3, 0.4) is 0 Å². The maximum absolute atomic E-state index is 5.88. The van der Waals surface area contributed by atoms with Crippen LogP contribution in [-0.4, -0.2) is 4.98 Å². The Morgan fingerprint density at radius 3 is 2.75 bits per heavy atom. The topological polar surface area (TPSA) is 12.9 Å². The predicted octanol–water partition coefficient (Wildman–Crippen LogP) is 3.34. The normalized spacial score (nSPS) is 10.5. The summed E-state index contributed by atoms with van der Waals surface area (Å²) in [6.45, 7) is 0. The van der Waals surface area contributed by atoms with E-state index in [-0.39, 0.29) is 0 Å². The lowest BCUT2D eigenvalue weighted by Gasteiger charge is -1.98. The Labute approximate surface area is 79.9 Å². The zero-order valence-electron chi connectivity index (χ0n) is 6.01. The molecule has 2 aromatic rings. The van der Waals surface area contributed by atoms with E-state index < -0.39 is 0 Å². The fraction of sp³-hybridized carbons (Fsp3) is 0. The summed E-state index contributed by atoms with van der Waals surface area (Å²) >= 11 is 11.6. The number of hydrogen-bond acceptors (Lipinski definition) is 1. The second-order valence-electron chi connectivity index (χ2n) is 2.36. The quantitative estimate of drug-likeness (QED) is 0.590. The summed E-state index contributed by atoms with van der Waals surface area (Å²) < 4.78 is 0. The van der Waals surface area contributed by atoms with Crippen LogP contribution in [0.15, 0.2) is 24.3 Å². The lowest BCUT2D eigenvalue weighted by atomic mass is 10.2. The van der Waals surface area contributed by atoms with E-state index in [1.165, 1.54) is 0 Å². The van der Waals surface area contributed by atoms with Crippen molar-refractivity contribution in [1.29, 1.82) is 0 Å². The van der Waals surface area contributed by atoms with Gasteiger partial charge < -0.3 is 0 Å². The average Bonchev–Trinajstić information content (AvgIpc) is 2.04. The number of benzene rings is 1.